The van der Waals surface area contributed by atoms with E-state index in [1.54, 1.807) is 30.3 Å². The van der Waals surface area contributed by atoms with E-state index in [-0.39, 0.29) is 0 Å². The van der Waals surface area contributed by atoms with Crippen molar-refractivity contribution in [2.75, 3.05) is 11.9 Å². The standard InChI is InChI=1S/C15H13ClN2O/c1-17-14-4-2-3-11(9-14)15(19)10-18-13-7-5-12(16)6-8-13/h2-9,15,18-19H,10H2. The van der Waals surface area contributed by atoms with Crippen LogP contribution in [0.3, 0.4) is 0 Å². The van der Waals surface area contributed by atoms with Crippen LogP contribution >= 0.6 is 11.6 Å². The topological polar surface area (TPSA) is 36.6 Å². The minimum absolute atomic E-state index is 0.378. The Morgan fingerprint density at radius 1 is 1.21 bits per heavy atom. The van der Waals surface area contributed by atoms with Crippen LogP contribution in [0.15, 0.2) is 48.5 Å². The molecular formula is C15H13ClN2O. The van der Waals surface area contributed by atoms with Crippen LogP contribution in [-0.2, 0) is 0 Å². The molecule has 0 heterocycles. The molecular weight excluding hydrogens is 260 g/mol. The first kappa shape index (κ1) is 13.4. The number of nitrogens with one attached hydrogen (secondary N) is 1. The second-order valence-corrected chi connectivity index (χ2v) is 4.55. The average molecular weight is 273 g/mol. The Kier molecular flexibility index (Phi) is 4.40. The van der Waals surface area contributed by atoms with Crippen LogP contribution < -0.4 is 5.32 Å². The van der Waals surface area contributed by atoms with Gasteiger partial charge in [-0.1, -0.05) is 35.9 Å². The number of nitrogens with zero attached hydrogens (tertiary/aromatic N) is 1. The lowest BCUT2D eigenvalue weighted by Gasteiger charge is -2.13. The van der Waals surface area contributed by atoms with Gasteiger partial charge < -0.3 is 10.4 Å². The molecule has 2 aromatic rings. The molecule has 2 aromatic carbocycles. The van der Waals surface area contributed by atoms with Gasteiger partial charge in [-0.3, -0.25) is 0 Å². The SMILES string of the molecule is [C-]#[N+]c1cccc(C(O)CNc2ccc(Cl)cc2)c1. The molecule has 1 atom stereocenters. The molecule has 19 heavy (non-hydrogen) atoms. The second kappa shape index (κ2) is 6.24. The lowest BCUT2D eigenvalue weighted by Crippen LogP contribution is -2.11. The molecule has 0 aliphatic rings. The summed E-state index contributed by atoms with van der Waals surface area (Å²) in [5, 5.41) is 13.9. The maximum absolute atomic E-state index is 10.1. The van der Waals surface area contributed by atoms with Crippen LogP contribution in [0.4, 0.5) is 11.4 Å². The van der Waals surface area contributed by atoms with Gasteiger partial charge in [-0.05, 0) is 29.8 Å². The Labute approximate surface area is 117 Å². The highest BCUT2D eigenvalue weighted by Crippen LogP contribution is 2.20. The summed E-state index contributed by atoms with van der Waals surface area (Å²) < 4.78 is 0. The highest BCUT2D eigenvalue weighted by molar-refractivity contribution is 6.30. The lowest BCUT2D eigenvalue weighted by molar-refractivity contribution is 0.191. The Morgan fingerprint density at radius 2 is 1.95 bits per heavy atom. The molecule has 0 amide bonds. The Balaban J connectivity index is 1.99. The van der Waals surface area contributed by atoms with Crippen LogP contribution in [0.1, 0.15) is 11.7 Å². The van der Waals surface area contributed by atoms with Gasteiger partial charge >= 0.3 is 0 Å². The van der Waals surface area contributed by atoms with Crippen molar-refractivity contribution in [2.24, 2.45) is 0 Å². The van der Waals surface area contributed by atoms with Crippen molar-refractivity contribution in [3.05, 3.63) is 70.5 Å². The fourth-order valence-corrected chi connectivity index (χ4v) is 1.83. The average Bonchev–Trinajstić information content (AvgIpc) is 2.46. The third kappa shape index (κ3) is 3.72. The number of anilines is 1. The highest BCUT2D eigenvalue weighted by Gasteiger charge is 2.07. The largest absolute Gasteiger partial charge is 0.387 e. The molecule has 0 aromatic heterocycles. The van der Waals surface area contributed by atoms with Crippen LogP contribution in [-0.4, -0.2) is 11.7 Å². The molecule has 0 aliphatic carbocycles. The molecule has 0 fully saturated rings. The first-order valence-corrected chi connectivity index (χ1v) is 6.22. The normalized spacial score (nSPS) is 11.6. The summed E-state index contributed by atoms with van der Waals surface area (Å²) in [7, 11) is 0. The molecule has 96 valence electrons. The van der Waals surface area contributed by atoms with Crippen LogP contribution in [0.2, 0.25) is 5.02 Å². The molecule has 2 rings (SSSR count). The second-order valence-electron chi connectivity index (χ2n) is 4.11. The molecule has 0 bridgehead atoms. The fraction of sp³-hybridized carbons (Fsp3) is 0.133. The monoisotopic (exact) mass is 272 g/mol. The molecule has 0 spiro atoms. The minimum Gasteiger partial charge on any atom is -0.387 e. The van der Waals surface area contributed by atoms with E-state index >= 15 is 0 Å². The van der Waals surface area contributed by atoms with Crippen LogP contribution in [0.25, 0.3) is 4.85 Å². The quantitative estimate of drug-likeness (QED) is 0.824. The van der Waals surface area contributed by atoms with E-state index in [9.17, 15) is 5.11 Å². The number of hydrogen-bond donors (Lipinski definition) is 2. The van der Waals surface area contributed by atoms with Gasteiger partial charge in [0.25, 0.3) is 0 Å². The molecule has 2 N–H and O–H groups in total. The summed E-state index contributed by atoms with van der Waals surface area (Å²) in [4.78, 5) is 3.35. The van der Waals surface area contributed by atoms with Gasteiger partial charge in [-0.2, -0.15) is 0 Å². The van der Waals surface area contributed by atoms with Gasteiger partial charge in [-0.25, -0.2) is 4.85 Å². The molecule has 4 heteroatoms. The molecule has 0 saturated carbocycles. The summed E-state index contributed by atoms with van der Waals surface area (Å²) in [6.07, 6.45) is -0.655. The summed E-state index contributed by atoms with van der Waals surface area (Å²) in [5.74, 6) is 0. The minimum atomic E-state index is -0.655. The Morgan fingerprint density at radius 3 is 2.63 bits per heavy atom. The molecule has 0 aliphatic heterocycles. The van der Waals surface area contributed by atoms with Crippen molar-refractivity contribution in [2.45, 2.75) is 6.10 Å². The molecule has 0 saturated heterocycles. The number of aliphatic hydroxyl groups excluding tert-OH is 1. The summed E-state index contributed by atoms with van der Waals surface area (Å²) in [6, 6.07) is 14.3. The van der Waals surface area contributed by atoms with Crippen molar-refractivity contribution in [1.29, 1.82) is 0 Å². The van der Waals surface area contributed by atoms with Crippen molar-refractivity contribution >= 4 is 23.0 Å². The van der Waals surface area contributed by atoms with E-state index < -0.39 is 6.10 Å². The van der Waals surface area contributed by atoms with Gasteiger partial charge in [0.05, 0.1) is 12.7 Å². The summed E-state index contributed by atoms with van der Waals surface area (Å²) >= 11 is 5.80. The maximum atomic E-state index is 10.1. The zero-order valence-electron chi connectivity index (χ0n) is 10.2. The van der Waals surface area contributed by atoms with Crippen molar-refractivity contribution in [3.8, 4) is 0 Å². The highest BCUT2D eigenvalue weighted by atomic mass is 35.5. The van der Waals surface area contributed by atoms with Crippen LogP contribution in [0, 0.1) is 6.57 Å². The van der Waals surface area contributed by atoms with E-state index in [4.69, 9.17) is 18.2 Å². The van der Waals surface area contributed by atoms with E-state index in [1.807, 2.05) is 18.2 Å². The van der Waals surface area contributed by atoms with Gasteiger partial charge in [0.15, 0.2) is 5.69 Å². The predicted octanol–water partition coefficient (Wildman–Crippen LogP) is 4.04. The first-order chi connectivity index (χ1) is 9.19. The van der Waals surface area contributed by atoms with E-state index in [0.717, 1.165) is 11.3 Å². The zero-order valence-corrected chi connectivity index (χ0v) is 10.9. The molecule has 0 radical (unpaired) electrons. The smallest absolute Gasteiger partial charge is 0.187 e. The predicted molar refractivity (Wildman–Crippen MR) is 77.6 cm³/mol. The number of aliphatic hydroxyl groups is 1. The van der Waals surface area contributed by atoms with E-state index in [1.165, 1.54) is 0 Å². The van der Waals surface area contributed by atoms with Crippen molar-refractivity contribution < 1.29 is 5.11 Å². The first-order valence-electron chi connectivity index (χ1n) is 5.84. The summed E-state index contributed by atoms with van der Waals surface area (Å²) in [5.41, 5.74) is 2.16. The van der Waals surface area contributed by atoms with Gasteiger partial charge in [0.2, 0.25) is 0 Å². The third-order valence-electron chi connectivity index (χ3n) is 2.73. The molecule has 1 unspecified atom stereocenters. The number of halogens is 1. The Bertz CT molecular complexity index is 590. The molecule has 3 nitrogen and oxygen atoms in total. The maximum Gasteiger partial charge on any atom is 0.187 e. The van der Waals surface area contributed by atoms with Gasteiger partial charge in [0.1, 0.15) is 0 Å². The van der Waals surface area contributed by atoms with Crippen LogP contribution in [0.5, 0.6) is 0 Å². The van der Waals surface area contributed by atoms with E-state index in [0.29, 0.717) is 17.3 Å². The van der Waals surface area contributed by atoms with Crippen molar-refractivity contribution in [3.63, 3.8) is 0 Å². The number of benzene rings is 2. The fourth-order valence-electron chi connectivity index (χ4n) is 1.70. The van der Waals surface area contributed by atoms with E-state index in [2.05, 4.69) is 10.2 Å². The Hall–Kier alpha value is -2.02. The number of hydrogen-bond acceptors (Lipinski definition) is 2. The third-order valence-corrected chi connectivity index (χ3v) is 2.98. The van der Waals surface area contributed by atoms with Gasteiger partial charge in [-0.15, -0.1) is 0 Å². The van der Waals surface area contributed by atoms with Gasteiger partial charge in [0, 0.05) is 17.3 Å². The van der Waals surface area contributed by atoms with Crippen molar-refractivity contribution in [1.82, 2.24) is 0 Å². The lowest BCUT2D eigenvalue weighted by atomic mass is 10.1. The number of rotatable bonds is 4. The summed E-state index contributed by atoms with van der Waals surface area (Å²) in [6.45, 7) is 7.33. The zero-order chi connectivity index (χ0) is 13.7.